The van der Waals surface area contributed by atoms with E-state index in [9.17, 15) is 5.11 Å². The number of hydrogen-bond acceptors (Lipinski definition) is 3. The molecule has 0 aliphatic heterocycles. The van der Waals surface area contributed by atoms with Crippen molar-refractivity contribution in [3.8, 4) is 11.5 Å². The Morgan fingerprint density at radius 3 is 1.89 bits per heavy atom. The van der Waals surface area contributed by atoms with E-state index in [1.807, 2.05) is 12.1 Å². The first-order chi connectivity index (χ1) is 17.6. The summed E-state index contributed by atoms with van der Waals surface area (Å²) in [7, 11) is 0. The molecule has 4 fully saturated rings. The molecule has 2 aromatic rings. The van der Waals surface area contributed by atoms with Crippen molar-refractivity contribution in [2.75, 3.05) is 26.2 Å². The van der Waals surface area contributed by atoms with Gasteiger partial charge in [0.25, 0.3) is 0 Å². The minimum absolute atomic E-state index is 0.338. The largest absolute Gasteiger partial charge is 0.508 e. The lowest BCUT2D eigenvalue weighted by Gasteiger charge is -2.52. The van der Waals surface area contributed by atoms with Crippen LogP contribution in [0.3, 0.4) is 0 Å². The molecule has 0 amide bonds. The lowest BCUT2D eigenvalue weighted by atomic mass is 9.53. The van der Waals surface area contributed by atoms with Crippen molar-refractivity contribution in [3.63, 3.8) is 0 Å². The first-order valence-corrected chi connectivity index (χ1v) is 14.6. The number of ether oxygens (including phenoxy) is 1. The lowest BCUT2D eigenvalue weighted by molar-refractivity contribution is 0.0705. The number of allylic oxidation sites excluding steroid dienone is 1. The van der Waals surface area contributed by atoms with E-state index in [2.05, 4.69) is 55.1 Å². The maximum atomic E-state index is 9.92. The molecule has 2 aromatic carbocycles. The molecule has 6 rings (SSSR count). The highest BCUT2D eigenvalue weighted by molar-refractivity contribution is 5.83. The van der Waals surface area contributed by atoms with Crippen molar-refractivity contribution < 1.29 is 9.84 Å². The summed E-state index contributed by atoms with van der Waals surface area (Å²) < 4.78 is 6.11. The minimum atomic E-state index is 0.338. The number of rotatable bonds is 12. The third kappa shape index (κ3) is 5.83. The van der Waals surface area contributed by atoms with Gasteiger partial charge in [0, 0.05) is 0 Å². The molecule has 0 spiro atoms. The molecule has 0 saturated heterocycles. The second-order valence-corrected chi connectivity index (χ2v) is 11.5. The number of hydrogen-bond donors (Lipinski definition) is 1. The molecule has 4 aliphatic carbocycles. The van der Waals surface area contributed by atoms with Gasteiger partial charge in [0.05, 0.1) is 6.61 Å². The van der Waals surface area contributed by atoms with Crippen LogP contribution in [-0.2, 0) is 0 Å². The Balaban J connectivity index is 1.24. The normalized spacial score (nSPS) is 24.5. The fraction of sp³-hybridized carbons (Fsp3) is 0.576. The summed E-state index contributed by atoms with van der Waals surface area (Å²) in [5.74, 6) is 4.69. The van der Waals surface area contributed by atoms with Gasteiger partial charge in [-0.15, -0.1) is 0 Å². The van der Waals surface area contributed by atoms with Gasteiger partial charge in [0.2, 0.25) is 0 Å². The summed E-state index contributed by atoms with van der Waals surface area (Å²) in [5.41, 5.74) is 5.66. The van der Waals surface area contributed by atoms with Gasteiger partial charge in [-0.2, -0.15) is 0 Å². The highest BCUT2D eigenvalue weighted by atomic mass is 16.5. The summed E-state index contributed by atoms with van der Waals surface area (Å²) in [4.78, 5) is 2.50. The zero-order valence-electron chi connectivity index (χ0n) is 22.4. The van der Waals surface area contributed by atoms with E-state index in [1.165, 1.54) is 74.6 Å². The maximum Gasteiger partial charge on any atom is 0.119 e. The molecule has 0 aromatic heterocycles. The third-order valence-electron chi connectivity index (χ3n) is 9.14. The molecule has 0 radical (unpaired) electrons. The Labute approximate surface area is 218 Å². The van der Waals surface area contributed by atoms with Gasteiger partial charge in [-0.05, 0) is 129 Å². The molecule has 4 aliphatic rings. The van der Waals surface area contributed by atoms with Crippen LogP contribution in [0.15, 0.2) is 54.1 Å². The Bertz CT molecular complexity index is 973. The number of nitrogens with zero attached hydrogens (tertiary/aromatic N) is 1. The van der Waals surface area contributed by atoms with Crippen molar-refractivity contribution in [2.24, 2.45) is 23.7 Å². The molecule has 0 heterocycles. The van der Waals surface area contributed by atoms with E-state index in [4.69, 9.17) is 4.74 Å². The summed E-state index contributed by atoms with van der Waals surface area (Å²) in [5, 5.41) is 9.92. The van der Waals surface area contributed by atoms with Crippen molar-refractivity contribution >= 4 is 5.57 Å². The van der Waals surface area contributed by atoms with Gasteiger partial charge >= 0.3 is 0 Å². The quantitative estimate of drug-likeness (QED) is 0.309. The van der Waals surface area contributed by atoms with E-state index >= 15 is 0 Å². The molecular formula is C33H45NO2. The number of benzene rings is 2. The Kier molecular flexibility index (Phi) is 8.36. The average Bonchev–Trinajstić information content (AvgIpc) is 2.89. The van der Waals surface area contributed by atoms with Crippen LogP contribution >= 0.6 is 0 Å². The van der Waals surface area contributed by atoms with Gasteiger partial charge < -0.3 is 14.7 Å². The second-order valence-electron chi connectivity index (χ2n) is 11.5. The van der Waals surface area contributed by atoms with Crippen LogP contribution in [0.5, 0.6) is 11.5 Å². The van der Waals surface area contributed by atoms with Crippen LogP contribution in [0.4, 0.5) is 0 Å². The molecule has 36 heavy (non-hydrogen) atoms. The third-order valence-corrected chi connectivity index (χ3v) is 9.14. The fourth-order valence-electron chi connectivity index (χ4n) is 7.47. The van der Waals surface area contributed by atoms with Crippen LogP contribution in [0.1, 0.15) is 82.8 Å². The zero-order valence-corrected chi connectivity index (χ0v) is 22.4. The standard InChI is InChI=1S/C33H45NO2/c1-3-34(4-2)17-7-5-6-8-18-36-31-15-11-27(12-16-31)32(26-9-13-30(35)14-10-26)33-28-20-24-19-25(22-28)23-29(33)21-24/h9-16,24-25,28-29,35H,3-8,17-23H2,1-2H3. The minimum Gasteiger partial charge on any atom is -0.508 e. The van der Waals surface area contributed by atoms with E-state index in [0.29, 0.717) is 5.75 Å². The first-order valence-electron chi connectivity index (χ1n) is 14.6. The molecule has 0 unspecified atom stereocenters. The highest BCUT2D eigenvalue weighted by Gasteiger charge is 2.46. The number of aromatic hydroxyl groups is 1. The van der Waals surface area contributed by atoms with Crippen molar-refractivity contribution in [2.45, 2.75) is 71.6 Å². The average molecular weight is 488 g/mol. The van der Waals surface area contributed by atoms with Crippen molar-refractivity contribution in [1.29, 1.82) is 0 Å². The van der Waals surface area contributed by atoms with Crippen molar-refractivity contribution in [1.82, 2.24) is 4.90 Å². The number of phenols is 1. The lowest BCUT2D eigenvalue weighted by Crippen LogP contribution is -2.40. The summed E-state index contributed by atoms with van der Waals surface area (Å²) in [6, 6.07) is 16.7. The first kappa shape index (κ1) is 25.4. The SMILES string of the molecule is CCN(CC)CCCCCCOc1ccc(C(=C2C3CC4CC(C3)CC2C4)c2ccc(O)cc2)cc1. The molecule has 3 heteroatoms. The van der Waals surface area contributed by atoms with Crippen LogP contribution in [0.2, 0.25) is 0 Å². The topological polar surface area (TPSA) is 32.7 Å². The highest BCUT2D eigenvalue weighted by Crippen LogP contribution is 2.58. The summed E-state index contributed by atoms with van der Waals surface area (Å²) in [6.45, 7) is 8.82. The fourth-order valence-corrected chi connectivity index (χ4v) is 7.47. The molecule has 0 atom stereocenters. The van der Waals surface area contributed by atoms with Gasteiger partial charge in [-0.1, -0.05) is 56.5 Å². The van der Waals surface area contributed by atoms with Crippen molar-refractivity contribution in [3.05, 3.63) is 65.2 Å². The van der Waals surface area contributed by atoms with E-state index < -0.39 is 0 Å². The molecule has 1 N–H and O–H groups in total. The van der Waals surface area contributed by atoms with Gasteiger partial charge in [-0.25, -0.2) is 0 Å². The van der Waals surface area contributed by atoms with Crippen LogP contribution in [0, 0.1) is 23.7 Å². The molecule has 3 nitrogen and oxygen atoms in total. The predicted molar refractivity (Wildman–Crippen MR) is 149 cm³/mol. The van der Waals surface area contributed by atoms with Gasteiger partial charge in [0.15, 0.2) is 0 Å². The molecule has 4 bridgehead atoms. The van der Waals surface area contributed by atoms with Gasteiger partial charge in [0.1, 0.15) is 11.5 Å². The summed E-state index contributed by atoms with van der Waals surface area (Å²) in [6.07, 6.45) is 11.9. The monoisotopic (exact) mass is 487 g/mol. The molecule has 4 saturated carbocycles. The molecule has 194 valence electrons. The van der Waals surface area contributed by atoms with E-state index in [1.54, 1.807) is 5.57 Å². The Hall–Kier alpha value is -2.26. The van der Waals surface area contributed by atoms with E-state index in [-0.39, 0.29) is 0 Å². The second kappa shape index (κ2) is 11.9. The van der Waals surface area contributed by atoms with Crippen LogP contribution in [-0.4, -0.2) is 36.2 Å². The zero-order chi connectivity index (χ0) is 24.9. The Morgan fingerprint density at radius 2 is 1.31 bits per heavy atom. The maximum absolute atomic E-state index is 9.92. The van der Waals surface area contributed by atoms with Crippen LogP contribution in [0.25, 0.3) is 5.57 Å². The van der Waals surface area contributed by atoms with Crippen LogP contribution < -0.4 is 4.74 Å². The molecular weight excluding hydrogens is 442 g/mol. The Morgan fingerprint density at radius 1 is 0.750 bits per heavy atom. The number of unbranched alkanes of at least 4 members (excludes halogenated alkanes) is 3. The predicted octanol–water partition coefficient (Wildman–Crippen LogP) is 7.93. The number of phenolic OH excluding ortho intramolecular Hbond substituents is 1. The smallest absolute Gasteiger partial charge is 0.119 e. The summed E-state index contributed by atoms with van der Waals surface area (Å²) >= 11 is 0. The van der Waals surface area contributed by atoms with Gasteiger partial charge in [-0.3, -0.25) is 0 Å². The van der Waals surface area contributed by atoms with E-state index in [0.717, 1.165) is 55.5 Å².